The number of aromatic carboxylic acids is 1. The summed E-state index contributed by atoms with van der Waals surface area (Å²) in [5.41, 5.74) is 2.41. The van der Waals surface area contributed by atoms with Crippen LogP contribution in [0.5, 0.6) is 0 Å². The van der Waals surface area contributed by atoms with Gasteiger partial charge >= 0.3 is 5.97 Å². The molecule has 0 aliphatic heterocycles. The summed E-state index contributed by atoms with van der Waals surface area (Å²) in [7, 11) is 1.78. The molecule has 0 aliphatic rings. The van der Waals surface area contributed by atoms with Crippen LogP contribution in [0, 0.1) is 13.8 Å². The van der Waals surface area contributed by atoms with Gasteiger partial charge in [0.1, 0.15) is 5.56 Å². The van der Waals surface area contributed by atoms with Crippen LogP contribution in [0.15, 0.2) is 24.3 Å². The predicted molar refractivity (Wildman–Crippen MR) is 82.0 cm³/mol. The van der Waals surface area contributed by atoms with Gasteiger partial charge in [-0.2, -0.15) is 5.10 Å². The smallest absolute Gasteiger partial charge is 0.339 e. The molecule has 2 aromatic rings. The molecule has 1 N–H and O–H groups in total. The Balaban J connectivity index is 2.37. The first-order valence-corrected chi connectivity index (χ1v) is 6.80. The monoisotopic (exact) mass is 305 g/mol. The molecule has 0 aliphatic carbocycles. The lowest BCUT2D eigenvalue weighted by Gasteiger charge is -2.21. The molecule has 0 fully saturated rings. The summed E-state index contributed by atoms with van der Waals surface area (Å²) in [6.45, 7) is 3.98. The number of hydrogen-bond donors (Lipinski definition) is 1. The van der Waals surface area contributed by atoms with Crippen molar-refractivity contribution in [3.8, 4) is 0 Å². The fraction of sp³-hybridized carbons (Fsp3) is 0.267. The van der Waals surface area contributed by atoms with Gasteiger partial charge in [-0.1, -0.05) is 23.7 Å². The van der Waals surface area contributed by atoms with E-state index >= 15 is 0 Å². The Labute approximate surface area is 128 Å². The number of anilines is 1. The summed E-state index contributed by atoms with van der Waals surface area (Å²) < 4.78 is 0. The van der Waals surface area contributed by atoms with Gasteiger partial charge in [-0.25, -0.2) is 4.79 Å². The average Bonchev–Trinajstić information content (AvgIpc) is 2.41. The van der Waals surface area contributed by atoms with E-state index in [1.165, 1.54) is 0 Å². The van der Waals surface area contributed by atoms with E-state index in [1.54, 1.807) is 31.9 Å². The average molecular weight is 306 g/mol. The van der Waals surface area contributed by atoms with Crippen LogP contribution >= 0.6 is 11.6 Å². The number of benzene rings is 1. The first-order chi connectivity index (χ1) is 9.90. The zero-order chi connectivity index (χ0) is 15.6. The van der Waals surface area contributed by atoms with Gasteiger partial charge in [-0.3, -0.25) is 0 Å². The number of carboxylic acid groups (broad SMARTS) is 1. The first kappa shape index (κ1) is 15.3. The Hall–Kier alpha value is -2.14. The van der Waals surface area contributed by atoms with Crippen LogP contribution in [0.2, 0.25) is 5.02 Å². The van der Waals surface area contributed by atoms with Crippen LogP contribution in [-0.2, 0) is 6.54 Å². The van der Waals surface area contributed by atoms with Crippen molar-refractivity contribution in [2.75, 3.05) is 11.9 Å². The van der Waals surface area contributed by atoms with Gasteiger partial charge in [0.2, 0.25) is 0 Å². The molecule has 1 aromatic carbocycles. The Morgan fingerprint density at radius 3 is 2.67 bits per heavy atom. The molecule has 0 bridgehead atoms. The molecule has 6 heteroatoms. The van der Waals surface area contributed by atoms with E-state index in [4.69, 9.17) is 11.6 Å². The molecule has 2 rings (SSSR count). The molecule has 0 saturated carbocycles. The molecule has 110 valence electrons. The van der Waals surface area contributed by atoms with Gasteiger partial charge in [0, 0.05) is 18.6 Å². The fourth-order valence-corrected chi connectivity index (χ4v) is 2.32. The third-order valence-corrected chi connectivity index (χ3v) is 3.56. The molecule has 0 atom stereocenters. The number of nitrogens with zero attached hydrogens (tertiary/aromatic N) is 3. The van der Waals surface area contributed by atoms with Crippen molar-refractivity contribution < 1.29 is 9.90 Å². The van der Waals surface area contributed by atoms with Gasteiger partial charge < -0.3 is 10.0 Å². The number of halogens is 1. The molecule has 0 radical (unpaired) electrons. The van der Waals surface area contributed by atoms with Crippen molar-refractivity contribution in [3.05, 3.63) is 51.7 Å². The van der Waals surface area contributed by atoms with Crippen molar-refractivity contribution in [1.82, 2.24) is 10.2 Å². The topological polar surface area (TPSA) is 66.3 Å². The number of aromatic nitrogens is 2. The number of aryl methyl sites for hydroxylation is 1. The number of hydrogen-bond acceptors (Lipinski definition) is 4. The maximum absolute atomic E-state index is 11.5. The lowest BCUT2D eigenvalue weighted by Crippen LogP contribution is -2.22. The minimum Gasteiger partial charge on any atom is -0.478 e. The Morgan fingerprint density at radius 1 is 1.33 bits per heavy atom. The predicted octanol–water partition coefficient (Wildman–Crippen LogP) is 3.08. The molecule has 0 spiro atoms. The Bertz CT molecular complexity index is 689. The highest BCUT2D eigenvalue weighted by atomic mass is 35.5. The molecule has 1 heterocycles. The highest BCUT2D eigenvalue weighted by Crippen LogP contribution is 2.23. The van der Waals surface area contributed by atoms with E-state index in [1.807, 2.05) is 18.2 Å². The maximum atomic E-state index is 11.5. The quantitative estimate of drug-likeness (QED) is 0.940. The van der Waals surface area contributed by atoms with E-state index in [0.29, 0.717) is 28.6 Å². The van der Waals surface area contributed by atoms with Crippen LogP contribution in [0.4, 0.5) is 5.82 Å². The number of rotatable bonds is 4. The lowest BCUT2D eigenvalue weighted by atomic mass is 10.1. The van der Waals surface area contributed by atoms with Crippen LogP contribution in [0.3, 0.4) is 0 Å². The van der Waals surface area contributed by atoms with E-state index < -0.39 is 5.97 Å². The van der Waals surface area contributed by atoms with Crippen molar-refractivity contribution >= 4 is 23.4 Å². The SMILES string of the molecule is Cc1nnc(N(C)Cc2cccc(Cl)c2)c(C(=O)O)c1C. The second kappa shape index (κ2) is 6.10. The third kappa shape index (κ3) is 3.31. The molecular formula is C15H16ClN3O2. The minimum absolute atomic E-state index is 0.187. The summed E-state index contributed by atoms with van der Waals surface area (Å²) in [5, 5.41) is 18.1. The van der Waals surface area contributed by atoms with Gasteiger partial charge in [-0.15, -0.1) is 5.10 Å². The second-order valence-electron chi connectivity index (χ2n) is 4.90. The third-order valence-electron chi connectivity index (χ3n) is 3.32. The molecule has 1 aromatic heterocycles. The van der Waals surface area contributed by atoms with Gasteiger partial charge in [0.25, 0.3) is 0 Å². The summed E-state index contributed by atoms with van der Waals surface area (Å²) in [5.74, 6) is -0.649. The van der Waals surface area contributed by atoms with E-state index in [9.17, 15) is 9.90 Å². The van der Waals surface area contributed by atoms with Crippen LogP contribution in [0.25, 0.3) is 0 Å². The zero-order valence-corrected chi connectivity index (χ0v) is 12.8. The normalized spacial score (nSPS) is 10.5. The second-order valence-corrected chi connectivity index (χ2v) is 5.34. The van der Waals surface area contributed by atoms with Crippen LogP contribution in [0.1, 0.15) is 27.2 Å². The van der Waals surface area contributed by atoms with Crippen molar-refractivity contribution in [2.24, 2.45) is 0 Å². The fourth-order valence-electron chi connectivity index (χ4n) is 2.10. The standard InChI is InChI=1S/C15H16ClN3O2/c1-9-10(2)17-18-14(13(9)15(20)21)19(3)8-11-5-4-6-12(16)7-11/h4-7H,8H2,1-3H3,(H,20,21). The lowest BCUT2D eigenvalue weighted by molar-refractivity contribution is 0.0696. The molecule has 0 amide bonds. The minimum atomic E-state index is -1.00. The van der Waals surface area contributed by atoms with Gasteiger partial charge in [0.05, 0.1) is 5.69 Å². The Morgan fingerprint density at radius 2 is 2.05 bits per heavy atom. The molecular weight excluding hydrogens is 290 g/mol. The van der Waals surface area contributed by atoms with E-state index in [0.717, 1.165) is 5.56 Å². The molecule has 21 heavy (non-hydrogen) atoms. The van der Waals surface area contributed by atoms with Gasteiger partial charge in [-0.05, 0) is 37.1 Å². The first-order valence-electron chi connectivity index (χ1n) is 6.43. The molecule has 5 nitrogen and oxygen atoms in total. The summed E-state index contributed by atoms with van der Waals surface area (Å²) in [6.07, 6.45) is 0. The van der Waals surface area contributed by atoms with Crippen LogP contribution in [-0.4, -0.2) is 28.3 Å². The summed E-state index contributed by atoms with van der Waals surface area (Å²) >= 11 is 5.96. The van der Waals surface area contributed by atoms with Gasteiger partial charge in [0.15, 0.2) is 5.82 Å². The van der Waals surface area contributed by atoms with E-state index in [-0.39, 0.29) is 5.56 Å². The summed E-state index contributed by atoms with van der Waals surface area (Å²) in [6, 6.07) is 7.42. The largest absolute Gasteiger partial charge is 0.478 e. The van der Waals surface area contributed by atoms with E-state index in [2.05, 4.69) is 10.2 Å². The molecule has 0 unspecified atom stereocenters. The summed E-state index contributed by atoms with van der Waals surface area (Å²) in [4.78, 5) is 13.2. The van der Waals surface area contributed by atoms with Crippen LogP contribution < -0.4 is 4.90 Å². The zero-order valence-electron chi connectivity index (χ0n) is 12.1. The number of carboxylic acids is 1. The highest BCUT2D eigenvalue weighted by Gasteiger charge is 2.20. The molecule has 0 saturated heterocycles. The number of carbonyl (C=O) groups is 1. The van der Waals surface area contributed by atoms with Crippen molar-refractivity contribution in [3.63, 3.8) is 0 Å². The highest BCUT2D eigenvalue weighted by molar-refractivity contribution is 6.30. The van der Waals surface area contributed by atoms with Crippen molar-refractivity contribution in [1.29, 1.82) is 0 Å². The maximum Gasteiger partial charge on any atom is 0.339 e. The van der Waals surface area contributed by atoms with Crippen molar-refractivity contribution in [2.45, 2.75) is 20.4 Å². The Kier molecular flexibility index (Phi) is 4.43.